The molecule has 6 heteroatoms. The summed E-state index contributed by atoms with van der Waals surface area (Å²) >= 11 is 3.35. The standard InChI is InChI=1S/C13H15BrN4O/c1-4-11-10(7-18(3)17-11)13(19)16-12-8(2)5-9(14)6-15-12/h5-7H,4H2,1-3H3,(H,15,16,19). The zero-order chi connectivity index (χ0) is 14.0. The van der Waals surface area contributed by atoms with E-state index in [2.05, 4.69) is 31.3 Å². The van der Waals surface area contributed by atoms with Gasteiger partial charge in [0.25, 0.3) is 5.91 Å². The van der Waals surface area contributed by atoms with Crippen LogP contribution in [-0.2, 0) is 13.5 Å². The maximum atomic E-state index is 12.2. The van der Waals surface area contributed by atoms with Crippen molar-refractivity contribution in [1.29, 1.82) is 0 Å². The van der Waals surface area contributed by atoms with Crippen molar-refractivity contribution in [3.63, 3.8) is 0 Å². The molecule has 0 aliphatic rings. The highest BCUT2D eigenvalue weighted by atomic mass is 79.9. The molecule has 0 spiro atoms. The van der Waals surface area contributed by atoms with Gasteiger partial charge in [-0.25, -0.2) is 4.98 Å². The second kappa shape index (κ2) is 5.52. The summed E-state index contributed by atoms with van der Waals surface area (Å²) in [6, 6.07) is 1.91. The zero-order valence-electron chi connectivity index (χ0n) is 11.1. The van der Waals surface area contributed by atoms with Crippen LogP contribution in [0.5, 0.6) is 0 Å². The van der Waals surface area contributed by atoms with E-state index in [1.54, 1.807) is 24.1 Å². The first kappa shape index (κ1) is 13.7. The van der Waals surface area contributed by atoms with Crippen molar-refractivity contribution in [2.24, 2.45) is 7.05 Å². The largest absolute Gasteiger partial charge is 0.306 e. The number of amides is 1. The monoisotopic (exact) mass is 322 g/mol. The van der Waals surface area contributed by atoms with Crippen LogP contribution < -0.4 is 5.32 Å². The zero-order valence-corrected chi connectivity index (χ0v) is 12.7. The molecule has 1 amide bonds. The van der Waals surface area contributed by atoms with Crippen LogP contribution in [0.25, 0.3) is 0 Å². The molecule has 1 N–H and O–H groups in total. The summed E-state index contributed by atoms with van der Waals surface area (Å²) in [7, 11) is 1.80. The van der Waals surface area contributed by atoms with Gasteiger partial charge in [0, 0.05) is 23.9 Å². The van der Waals surface area contributed by atoms with Crippen LogP contribution >= 0.6 is 15.9 Å². The summed E-state index contributed by atoms with van der Waals surface area (Å²) in [5.74, 6) is 0.391. The summed E-state index contributed by atoms with van der Waals surface area (Å²) in [6.07, 6.45) is 4.10. The number of hydrogen-bond donors (Lipinski definition) is 1. The fraction of sp³-hybridized carbons (Fsp3) is 0.308. The van der Waals surface area contributed by atoms with E-state index in [4.69, 9.17) is 0 Å². The fourth-order valence-electron chi connectivity index (χ4n) is 1.83. The molecule has 0 radical (unpaired) electrons. The highest BCUT2D eigenvalue weighted by Gasteiger charge is 2.15. The minimum Gasteiger partial charge on any atom is -0.306 e. The number of aryl methyl sites for hydroxylation is 3. The molecule has 0 bridgehead atoms. The summed E-state index contributed by atoms with van der Waals surface area (Å²) in [6.45, 7) is 3.87. The molecule has 5 nitrogen and oxygen atoms in total. The van der Waals surface area contributed by atoms with Gasteiger partial charge in [0.05, 0.1) is 11.3 Å². The van der Waals surface area contributed by atoms with Crippen molar-refractivity contribution in [1.82, 2.24) is 14.8 Å². The predicted molar refractivity (Wildman–Crippen MR) is 77.2 cm³/mol. The molecule has 0 atom stereocenters. The van der Waals surface area contributed by atoms with Crippen molar-refractivity contribution < 1.29 is 4.79 Å². The van der Waals surface area contributed by atoms with Gasteiger partial charge >= 0.3 is 0 Å². The van der Waals surface area contributed by atoms with Crippen LogP contribution in [0.4, 0.5) is 5.82 Å². The molecule has 0 aliphatic heterocycles. The molecule has 0 saturated heterocycles. The predicted octanol–water partition coefficient (Wildman–Crippen LogP) is 2.70. The first-order chi connectivity index (χ1) is 9.01. The Kier molecular flexibility index (Phi) is 3.99. The Hall–Kier alpha value is -1.69. The lowest BCUT2D eigenvalue weighted by atomic mass is 10.2. The summed E-state index contributed by atoms with van der Waals surface area (Å²) in [5, 5.41) is 7.07. The minimum atomic E-state index is -0.178. The summed E-state index contributed by atoms with van der Waals surface area (Å²) in [5.41, 5.74) is 2.29. The van der Waals surface area contributed by atoms with Crippen LogP contribution in [-0.4, -0.2) is 20.7 Å². The van der Waals surface area contributed by atoms with E-state index in [-0.39, 0.29) is 5.91 Å². The van der Waals surface area contributed by atoms with E-state index in [1.165, 1.54) is 0 Å². The van der Waals surface area contributed by atoms with Crippen LogP contribution in [0.3, 0.4) is 0 Å². The Bertz CT molecular complexity index is 621. The van der Waals surface area contributed by atoms with Crippen LogP contribution in [0, 0.1) is 6.92 Å². The summed E-state index contributed by atoms with van der Waals surface area (Å²) in [4.78, 5) is 16.4. The van der Waals surface area contributed by atoms with E-state index < -0.39 is 0 Å². The maximum Gasteiger partial charge on any atom is 0.260 e. The molecular weight excluding hydrogens is 308 g/mol. The lowest BCUT2D eigenvalue weighted by Crippen LogP contribution is -2.15. The van der Waals surface area contributed by atoms with Crippen molar-refractivity contribution in [2.45, 2.75) is 20.3 Å². The van der Waals surface area contributed by atoms with Crippen LogP contribution in [0.2, 0.25) is 0 Å². The number of hydrogen-bond acceptors (Lipinski definition) is 3. The van der Waals surface area contributed by atoms with E-state index in [0.717, 1.165) is 22.2 Å². The Morgan fingerprint density at radius 3 is 2.89 bits per heavy atom. The molecular formula is C13H15BrN4O. The number of carbonyl (C=O) groups excluding carboxylic acids is 1. The number of aromatic nitrogens is 3. The average Bonchev–Trinajstić information content (AvgIpc) is 2.74. The topological polar surface area (TPSA) is 59.8 Å². The Morgan fingerprint density at radius 2 is 2.26 bits per heavy atom. The number of nitrogens with zero attached hydrogens (tertiary/aromatic N) is 3. The van der Waals surface area contributed by atoms with Crippen molar-refractivity contribution in [2.75, 3.05) is 5.32 Å². The van der Waals surface area contributed by atoms with Gasteiger partial charge in [0.1, 0.15) is 5.82 Å². The fourth-order valence-corrected chi connectivity index (χ4v) is 2.28. The highest BCUT2D eigenvalue weighted by molar-refractivity contribution is 9.10. The van der Waals surface area contributed by atoms with Gasteiger partial charge in [-0.05, 0) is 40.9 Å². The van der Waals surface area contributed by atoms with E-state index in [9.17, 15) is 4.79 Å². The first-order valence-electron chi connectivity index (χ1n) is 5.97. The lowest BCUT2D eigenvalue weighted by molar-refractivity contribution is 0.102. The Labute approximate surface area is 120 Å². The van der Waals surface area contributed by atoms with Gasteiger partial charge < -0.3 is 5.32 Å². The number of halogens is 1. The SMILES string of the molecule is CCc1nn(C)cc1C(=O)Nc1ncc(Br)cc1C. The first-order valence-corrected chi connectivity index (χ1v) is 6.76. The van der Waals surface area contributed by atoms with Crippen molar-refractivity contribution in [3.05, 3.63) is 39.8 Å². The third kappa shape index (κ3) is 3.01. The molecule has 2 aromatic rings. The molecule has 2 rings (SSSR count). The van der Waals surface area contributed by atoms with Gasteiger partial charge in [-0.15, -0.1) is 0 Å². The van der Waals surface area contributed by atoms with E-state index in [0.29, 0.717) is 11.4 Å². The summed E-state index contributed by atoms with van der Waals surface area (Å²) < 4.78 is 2.54. The van der Waals surface area contributed by atoms with Crippen molar-refractivity contribution >= 4 is 27.7 Å². The normalized spacial score (nSPS) is 10.5. The van der Waals surface area contributed by atoms with Crippen LogP contribution in [0.15, 0.2) is 22.9 Å². The van der Waals surface area contributed by atoms with Gasteiger partial charge in [0.2, 0.25) is 0 Å². The second-order valence-electron chi connectivity index (χ2n) is 4.29. The molecule has 2 aromatic heterocycles. The molecule has 0 unspecified atom stereocenters. The number of nitrogens with one attached hydrogen (secondary N) is 1. The quantitative estimate of drug-likeness (QED) is 0.945. The average molecular weight is 323 g/mol. The van der Waals surface area contributed by atoms with Gasteiger partial charge in [-0.3, -0.25) is 9.48 Å². The molecule has 0 aromatic carbocycles. The minimum absolute atomic E-state index is 0.178. The number of pyridine rings is 1. The second-order valence-corrected chi connectivity index (χ2v) is 5.21. The number of anilines is 1. The number of rotatable bonds is 3. The lowest BCUT2D eigenvalue weighted by Gasteiger charge is -2.07. The highest BCUT2D eigenvalue weighted by Crippen LogP contribution is 2.18. The Morgan fingerprint density at radius 1 is 1.53 bits per heavy atom. The van der Waals surface area contributed by atoms with Gasteiger partial charge in [-0.2, -0.15) is 5.10 Å². The smallest absolute Gasteiger partial charge is 0.260 e. The molecule has 0 saturated carbocycles. The van der Waals surface area contributed by atoms with Crippen LogP contribution in [0.1, 0.15) is 28.5 Å². The number of carbonyl (C=O) groups is 1. The molecule has 100 valence electrons. The molecule has 2 heterocycles. The van der Waals surface area contributed by atoms with E-state index >= 15 is 0 Å². The van der Waals surface area contributed by atoms with Gasteiger partial charge in [-0.1, -0.05) is 6.92 Å². The molecule has 19 heavy (non-hydrogen) atoms. The third-order valence-corrected chi connectivity index (χ3v) is 3.20. The Balaban J connectivity index is 2.25. The third-order valence-electron chi connectivity index (χ3n) is 2.76. The maximum absolute atomic E-state index is 12.2. The van der Waals surface area contributed by atoms with Crippen molar-refractivity contribution in [3.8, 4) is 0 Å². The molecule has 0 fully saturated rings. The van der Waals surface area contributed by atoms with Gasteiger partial charge in [0.15, 0.2) is 0 Å². The molecule has 0 aliphatic carbocycles. The van der Waals surface area contributed by atoms with E-state index in [1.807, 2.05) is 19.9 Å².